The van der Waals surface area contributed by atoms with Gasteiger partial charge in [0, 0.05) is 12.1 Å². The number of nitrogens with zero attached hydrogens (tertiary/aromatic N) is 1. The lowest BCUT2D eigenvalue weighted by molar-refractivity contribution is 0.564. The maximum atomic E-state index is 8.96. The van der Waals surface area contributed by atoms with E-state index in [1.165, 1.54) is 0 Å². The van der Waals surface area contributed by atoms with Crippen molar-refractivity contribution in [2.75, 3.05) is 5.32 Å². The predicted molar refractivity (Wildman–Crippen MR) is 62.2 cm³/mol. The minimum absolute atomic E-state index is 0.458. The Morgan fingerprint density at radius 2 is 2.25 bits per heavy atom. The molecule has 1 aromatic heterocycles. The first-order valence-electron chi connectivity index (χ1n) is 4.75. The quantitative estimate of drug-likeness (QED) is 0.882. The van der Waals surface area contributed by atoms with Gasteiger partial charge in [0.25, 0.3) is 0 Å². The normalized spacial score (nSPS) is 9.75. The third kappa shape index (κ3) is 2.18. The summed E-state index contributed by atoms with van der Waals surface area (Å²) in [5.74, 6) is 0. The highest BCUT2D eigenvalue weighted by atomic mass is 35.5. The smallest absolute Gasteiger partial charge is 0.103 e. The second-order valence-corrected chi connectivity index (χ2v) is 3.67. The van der Waals surface area contributed by atoms with Crippen LogP contribution in [0.15, 0.2) is 41.2 Å². The molecule has 0 aliphatic heterocycles. The summed E-state index contributed by atoms with van der Waals surface area (Å²) >= 11 is 5.91. The largest absolute Gasteiger partial charge is 0.472 e. The van der Waals surface area contributed by atoms with Crippen molar-refractivity contribution in [1.29, 1.82) is 5.26 Å². The molecule has 0 aliphatic carbocycles. The van der Waals surface area contributed by atoms with Gasteiger partial charge in [-0.25, -0.2) is 0 Å². The fourth-order valence-electron chi connectivity index (χ4n) is 1.38. The summed E-state index contributed by atoms with van der Waals surface area (Å²) in [6, 6.07) is 9.27. The fraction of sp³-hybridized carbons (Fsp3) is 0.0833. The summed E-state index contributed by atoms with van der Waals surface area (Å²) in [7, 11) is 0. The van der Waals surface area contributed by atoms with Gasteiger partial charge in [-0.1, -0.05) is 17.7 Å². The zero-order valence-electron chi connectivity index (χ0n) is 8.40. The molecule has 0 bridgehead atoms. The van der Waals surface area contributed by atoms with Crippen molar-refractivity contribution in [1.82, 2.24) is 0 Å². The van der Waals surface area contributed by atoms with Crippen LogP contribution < -0.4 is 5.32 Å². The van der Waals surface area contributed by atoms with Crippen LogP contribution in [-0.2, 0) is 6.54 Å². The zero-order chi connectivity index (χ0) is 11.4. The monoisotopic (exact) mass is 232 g/mol. The van der Waals surface area contributed by atoms with Gasteiger partial charge in [0.15, 0.2) is 0 Å². The second kappa shape index (κ2) is 4.73. The minimum Gasteiger partial charge on any atom is -0.472 e. The van der Waals surface area contributed by atoms with E-state index in [0.29, 0.717) is 17.1 Å². The van der Waals surface area contributed by atoms with Crippen LogP contribution in [-0.4, -0.2) is 0 Å². The van der Waals surface area contributed by atoms with Gasteiger partial charge >= 0.3 is 0 Å². The molecule has 0 unspecified atom stereocenters. The molecule has 1 aromatic carbocycles. The van der Waals surface area contributed by atoms with E-state index in [0.717, 1.165) is 11.3 Å². The zero-order valence-corrected chi connectivity index (χ0v) is 9.16. The lowest BCUT2D eigenvalue weighted by Crippen LogP contribution is -2.00. The number of furan rings is 1. The van der Waals surface area contributed by atoms with Gasteiger partial charge in [-0.15, -0.1) is 0 Å². The molecule has 2 aromatic rings. The van der Waals surface area contributed by atoms with Gasteiger partial charge in [0.05, 0.1) is 28.8 Å². The van der Waals surface area contributed by atoms with E-state index >= 15 is 0 Å². The topological polar surface area (TPSA) is 49.0 Å². The van der Waals surface area contributed by atoms with Crippen LogP contribution in [0.25, 0.3) is 0 Å². The van der Waals surface area contributed by atoms with Gasteiger partial charge in [-0.05, 0) is 18.2 Å². The number of hydrogen-bond acceptors (Lipinski definition) is 3. The second-order valence-electron chi connectivity index (χ2n) is 3.26. The van der Waals surface area contributed by atoms with Gasteiger partial charge < -0.3 is 9.73 Å². The van der Waals surface area contributed by atoms with Crippen LogP contribution in [0.2, 0.25) is 5.02 Å². The highest BCUT2D eigenvalue weighted by molar-refractivity contribution is 6.32. The van der Waals surface area contributed by atoms with Crippen molar-refractivity contribution < 1.29 is 4.42 Å². The molecule has 1 heterocycles. The van der Waals surface area contributed by atoms with E-state index in [2.05, 4.69) is 11.4 Å². The Bertz CT molecular complexity index is 514. The Balaban J connectivity index is 2.16. The highest BCUT2D eigenvalue weighted by Crippen LogP contribution is 2.23. The van der Waals surface area contributed by atoms with Crippen molar-refractivity contribution >= 4 is 17.3 Å². The third-order valence-corrected chi connectivity index (χ3v) is 2.50. The first kappa shape index (κ1) is 10.6. The van der Waals surface area contributed by atoms with E-state index in [1.54, 1.807) is 24.7 Å². The third-order valence-electron chi connectivity index (χ3n) is 2.19. The van der Waals surface area contributed by atoms with Gasteiger partial charge in [-0.2, -0.15) is 5.26 Å². The summed E-state index contributed by atoms with van der Waals surface area (Å²) in [6.45, 7) is 0.603. The number of nitriles is 1. The number of halogens is 1. The van der Waals surface area contributed by atoms with Gasteiger partial charge in [-0.3, -0.25) is 0 Å². The molecule has 0 saturated heterocycles. The Labute approximate surface area is 98.3 Å². The van der Waals surface area contributed by atoms with E-state index in [-0.39, 0.29) is 0 Å². The summed E-state index contributed by atoms with van der Waals surface area (Å²) < 4.78 is 4.95. The molecule has 3 nitrogen and oxygen atoms in total. The molecule has 0 spiro atoms. The van der Waals surface area contributed by atoms with Crippen LogP contribution in [0.4, 0.5) is 5.69 Å². The summed E-state index contributed by atoms with van der Waals surface area (Å²) in [5.41, 5.74) is 2.22. The maximum Gasteiger partial charge on any atom is 0.103 e. The Morgan fingerprint density at radius 1 is 1.38 bits per heavy atom. The molecule has 4 heteroatoms. The molecule has 80 valence electrons. The lowest BCUT2D eigenvalue weighted by atomic mass is 10.2. The molecule has 2 rings (SSSR count). The molecule has 16 heavy (non-hydrogen) atoms. The summed E-state index contributed by atoms with van der Waals surface area (Å²) in [5, 5.41) is 12.6. The molecule has 0 saturated carbocycles. The molecule has 0 radical (unpaired) electrons. The first-order valence-corrected chi connectivity index (χ1v) is 5.12. The molecular weight excluding hydrogens is 224 g/mol. The van der Waals surface area contributed by atoms with Crippen molar-refractivity contribution in [3.63, 3.8) is 0 Å². The van der Waals surface area contributed by atoms with E-state index in [1.807, 2.05) is 12.1 Å². The van der Waals surface area contributed by atoms with Crippen molar-refractivity contribution in [3.8, 4) is 6.07 Å². The number of nitrogens with one attached hydrogen (secondary N) is 1. The van der Waals surface area contributed by atoms with Gasteiger partial charge in [0.1, 0.15) is 6.07 Å². The molecule has 0 amide bonds. The Morgan fingerprint density at radius 3 is 2.94 bits per heavy atom. The van der Waals surface area contributed by atoms with Crippen molar-refractivity contribution in [2.24, 2.45) is 0 Å². The number of anilines is 1. The number of benzene rings is 1. The van der Waals surface area contributed by atoms with Crippen LogP contribution >= 0.6 is 11.6 Å². The van der Waals surface area contributed by atoms with Gasteiger partial charge in [0.2, 0.25) is 0 Å². The lowest BCUT2D eigenvalue weighted by Gasteiger charge is -2.07. The number of hydrogen-bond donors (Lipinski definition) is 1. The molecule has 0 atom stereocenters. The number of rotatable bonds is 3. The predicted octanol–water partition coefficient (Wildman–Crippen LogP) is 3.42. The molecular formula is C12H9ClN2O. The first-order chi connectivity index (χ1) is 7.81. The SMILES string of the molecule is N#Cc1c(Cl)cccc1NCc1ccoc1. The summed E-state index contributed by atoms with van der Waals surface area (Å²) in [6.07, 6.45) is 3.27. The van der Waals surface area contributed by atoms with Crippen molar-refractivity contribution in [3.05, 3.63) is 52.9 Å². The van der Waals surface area contributed by atoms with Crippen LogP contribution in [0, 0.1) is 11.3 Å². The molecule has 1 N–H and O–H groups in total. The van der Waals surface area contributed by atoms with Crippen LogP contribution in [0.5, 0.6) is 0 Å². The van der Waals surface area contributed by atoms with E-state index < -0.39 is 0 Å². The molecule has 0 fully saturated rings. The Hall–Kier alpha value is -1.92. The minimum atomic E-state index is 0.458. The average Bonchev–Trinajstić information content (AvgIpc) is 2.79. The van der Waals surface area contributed by atoms with Crippen LogP contribution in [0.1, 0.15) is 11.1 Å². The average molecular weight is 233 g/mol. The summed E-state index contributed by atoms with van der Waals surface area (Å²) in [4.78, 5) is 0. The standard InChI is InChI=1S/C12H9ClN2O/c13-11-2-1-3-12(10(11)6-14)15-7-9-4-5-16-8-9/h1-5,8,15H,7H2. The maximum absolute atomic E-state index is 8.96. The van der Waals surface area contributed by atoms with E-state index in [4.69, 9.17) is 21.3 Å². The van der Waals surface area contributed by atoms with Crippen LogP contribution in [0.3, 0.4) is 0 Å². The Kier molecular flexibility index (Phi) is 3.13. The van der Waals surface area contributed by atoms with E-state index in [9.17, 15) is 0 Å². The molecule has 0 aliphatic rings. The highest BCUT2D eigenvalue weighted by Gasteiger charge is 2.05. The fourth-order valence-corrected chi connectivity index (χ4v) is 1.59. The van der Waals surface area contributed by atoms with Crippen molar-refractivity contribution in [2.45, 2.75) is 6.54 Å².